The van der Waals surface area contributed by atoms with Crippen molar-refractivity contribution >= 4 is 5.95 Å². The van der Waals surface area contributed by atoms with E-state index in [1.165, 1.54) is 0 Å². The maximum absolute atomic E-state index is 5.62. The summed E-state index contributed by atoms with van der Waals surface area (Å²) in [4.78, 5) is 15.1. The lowest BCUT2D eigenvalue weighted by molar-refractivity contribution is 0.741. The van der Waals surface area contributed by atoms with Gasteiger partial charge in [0.1, 0.15) is 5.82 Å². The lowest BCUT2D eigenvalue weighted by Gasteiger charge is -2.17. The zero-order valence-corrected chi connectivity index (χ0v) is 11.0. The monoisotopic (exact) mass is 246 g/mol. The highest BCUT2D eigenvalue weighted by molar-refractivity contribution is 5.31. The van der Waals surface area contributed by atoms with Gasteiger partial charge in [-0.15, -0.1) is 0 Å². The van der Waals surface area contributed by atoms with Crippen LogP contribution in [0.5, 0.6) is 0 Å². The summed E-state index contributed by atoms with van der Waals surface area (Å²) in [6, 6.07) is 1.90. The minimum absolute atomic E-state index is 0.423. The standard InChI is InChI=1S/C12H18N6/c1-9-6-10(7-13)16-12(15-9)18(3)8-11-14-4-5-17(11)2/h4-6H,7-8,13H2,1-3H3. The minimum Gasteiger partial charge on any atom is -0.337 e. The van der Waals surface area contributed by atoms with Crippen LogP contribution in [0, 0.1) is 6.92 Å². The van der Waals surface area contributed by atoms with Crippen molar-refractivity contribution in [1.29, 1.82) is 0 Å². The molecule has 6 heteroatoms. The lowest BCUT2D eigenvalue weighted by Crippen LogP contribution is -2.22. The first kappa shape index (κ1) is 12.5. The van der Waals surface area contributed by atoms with E-state index < -0.39 is 0 Å². The Labute approximate surface area is 106 Å². The van der Waals surface area contributed by atoms with Crippen molar-refractivity contribution in [3.8, 4) is 0 Å². The van der Waals surface area contributed by atoms with Crippen molar-refractivity contribution in [1.82, 2.24) is 19.5 Å². The number of hydrogen-bond donors (Lipinski definition) is 1. The first-order valence-electron chi connectivity index (χ1n) is 5.82. The molecule has 18 heavy (non-hydrogen) atoms. The number of aromatic nitrogens is 4. The number of imidazole rings is 1. The van der Waals surface area contributed by atoms with Crippen LogP contribution < -0.4 is 10.6 Å². The third-order valence-corrected chi connectivity index (χ3v) is 2.75. The zero-order valence-electron chi connectivity index (χ0n) is 11.0. The molecule has 0 radical (unpaired) electrons. The average Bonchev–Trinajstić information content (AvgIpc) is 2.74. The van der Waals surface area contributed by atoms with Gasteiger partial charge in [-0.25, -0.2) is 15.0 Å². The molecule has 0 spiro atoms. The van der Waals surface area contributed by atoms with Crippen molar-refractivity contribution in [3.63, 3.8) is 0 Å². The minimum atomic E-state index is 0.423. The molecule has 2 aromatic heterocycles. The molecule has 2 heterocycles. The molecule has 0 saturated carbocycles. The summed E-state index contributed by atoms with van der Waals surface area (Å²) in [7, 11) is 3.92. The molecule has 0 bridgehead atoms. The molecule has 6 nitrogen and oxygen atoms in total. The Balaban J connectivity index is 2.20. The molecule has 0 atom stereocenters. The van der Waals surface area contributed by atoms with E-state index in [0.717, 1.165) is 17.2 Å². The van der Waals surface area contributed by atoms with Crippen molar-refractivity contribution in [2.45, 2.75) is 20.0 Å². The van der Waals surface area contributed by atoms with Gasteiger partial charge in [0, 0.05) is 38.7 Å². The molecule has 2 N–H and O–H groups in total. The van der Waals surface area contributed by atoms with Gasteiger partial charge in [-0.1, -0.05) is 0 Å². The number of nitrogens with zero attached hydrogens (tertiary/aromatic N) is 5. The smallest absolute Gasteiger partial charge is 0.225 e. The van der Waals surface area contributed by atoms with Gasteiger partial charge in [0.05, 0.1) is 12.2 Å². The van der Waals surface area contributed by atoms with Crippen LogP contribution in [-0.4, -0.2) is 26.6 Å². The fourth-order valence-corrected chi connectivity index (χ4v) is 1.72. The first-order valence-corrected chi connectivity index (χ1v) is 5.82. The van der Waals surface area contributed by atoms with E-state index in [2.05, 4.69) is 15.0 Å². The van der Waals surface area contributed by atoms with Crippen molar-refractivity contribution in [2.24, 2.45) is 12.8 Å². The molecule has 0 aliphatic carbocycles. The van der Waals surface area contributed by atoms with E-state index >= 15 is 0 Å². The summed E-state index contributed by atoms with van der Waals surface area (Å²) < 4.78 is 1.98. The largest absolute Gasteiger partial charge is 0.337 e. The Hall–Kier alpha value is -1.95. The van der Waals surface area contributed by atoms with Gasteiger partial charge < -0.3 is 15.2 Å². The molecule has 0 unspecified atom stereocenters. The Morgan fingerprint density at radius 1 is 1.39 bits per heavy atom. The molecule has 0 aliphatic rings. The summed E-state index contributed by atoms with van der Waals surface area (Å²) in [6.07, 6.45) is 3.71. The van der Waals surface area contributed by atoms with Crippen LogP contribution in [0.25, 0.3) is 0 Å². The summed E-state index contributed by atoms with van der Waals surface area (Å²) in [5, 5.41) is 0. The van der Waals surface area contributed by atoms with Gasteiger partial charge in [-0.05, 0) is 13.0 Å². The Bertz CT molecular complexity index is 533. The van der Waals surface area contributed by atoms with E-state index in [0.29, 0.717) is 19.0 Å². The number of aryl methyl sites for hydroxylation is 2. The van der Waals surface area contributed by atoms with Crippen LogP contribution in [-0.2, 0) is 20.1 Å². The Kier molecular flexibility index (Phi) is 3.57. The Morgan fingerprint density at radius 3 is 2.78 bits per heavy atom. The highest BCUT2D eigenvalue weighted by Crippen LogP contribution is 2.11. The van der Waals surface area contributed by atoms with E-state index in [9.17, 15) is 0 Å². The molecular weight excluding hydrogens is 228 g/mol. The lowest BCUT2D eigenvalue weighted by atomic mass is 10.3. The number of hydrogen-bond acceptors (Lipinski definition) is 5. The van der Waals surface area contributed by atoms with Gasteiger partial charge in [0.25, 0.3) is 0 Å². The number of rotatable bonds is 4. The molecule has 0 amide bonds. The molecule has 0 fully saturated rings. The van der Waals surface area contributed by atoms with Crippen LogP contribution in [0.3, 0.4) is 0 Å². The summed E-state index contributed by atoms with van der Waals surface area (Å²) in [6.45, 7) is 3.03. The summed E-state index contributed by atoms with van der Waals surface area (Å²) in [5.41, 5.74) is 7.40. The van der Waals surface area contributed by atoms with E-state index in [1.54, 1.807) is 6.20 Å². The van der Waals surface area contributed by atoms with Crippen molar-refractivity contribution in [3.05, 3.63) is 35.7 Å². The van der Waals surface area contributed by atoms with Crippen LogP contribution in [0.1, 0.15) is 17.2 Å². The molecule has 0 aliphatic heterocycles. The van der Waals surface area contributed by atoms with Crippen LogP contribution in [0.2, 0.25) is 0 Å². The quantitative estimate of drug-likeness (QED) is 0.856. The maximum Gasteiger partial charge on any atom is 0.225 e. The molecule has 0 aromatic carbocycles. The molecule has 96 valence electrons. The second-order valence-electron chi connectivity index (χ2n) is 4.32. The van der Waals surface area contributed by atoms with Gasteiger partial charge in [0.15, 0.2) is 0 Å². The van der Waals surface area contributed by atoms with Crippen LogP contribution in [0.15, 0.2) is 18.5 Å². The van der Waals surface area contributed by atoms with Crippen molar-refractivity contribution in [2.75, 3.05) is 11.9 Å². The summed E-state index contributed by atoms with van der Waals surface area (Å²) >= 11 is 0. The van der Waals surface area contributed by atoms with Gasteiger partial charge in [-0.3, -0.25) is 0 Å². The SMILES string of the molecule is Cc1cc(CN)nc(N(C)Cc2nccn2C)n1. The predicted molar refractivity (Wildman–Crippen MR) is 70.0 cm³/mol. The highest BCUT2D eigenvalue weighted by atomic mass is 15.3. The fraction of sp³-hybridized carbons (Fsp3) is 0.417. The van der Waals surface area contributed by atoms with Gasteiger partial charge in [0.2, 0.25) is 5.95 Å². The van der Waals surface area contributed by atoms with Gasteiger partial charge >= 0.3 is 0 Å². The van der Waals surface area contributed by atoms with Gasteiger partial charge in [-0.2, -0.15) is 0 Å². The second kappa shape index (κ2) is 5.14. The second-order valence-corrected chi connectivity index (χ2v) is 4.32. The number of nitrogens with two attached hydrogens (primary N) is 1. The van der Waals surface area contributed by atoms with E-state index in [1.807, 2.05) is 42.7 Å². The van der Waals surface area contributed by atoms with Crippen LogP contribution in [0.4, 0.5) is 5.95 Å². The normalized spacial score (nSPS) is 10.7. The Morgan fingerprint density at radius 2 is 2.17 bits per heavy atom. The zero-order chi connectivity index (χ0) is 13.1. The summed E-state index contributed by atoms with van der Waals surface area (Å²) in [5.74, 6) is 1.65. The van der Waals surface area contributed by atoms with E-state index in [4.69, 9.17) is 5.73 Å². The molecule has 0 saturated heterocycles. The predicted octanol–water partition coefficient (Wildman–Crippen LogP) is 0.614. The third-order valence-electron chi connectivity index (χ3n) is 2.75. The molecule has 2 rings (SSSR count). The first-order chi connectivity index (χ1) is 8.60. The molecular formula is C12H18N6. The van der Waals surface area contributed by atoms with E-state index in [-0.39, 0.29) is 0 Å². The maximum atomic E-state index is 5.62. The molecule has 2 aromatic rings. The topological polar surface area (TPSA) is 72.9 Å². The fourth-order valence-electron chi connectivity index (χ4n) is 1.72. The van der Waals surface area contributed by atoms with Crippen LogP contribution >= 0.6 is 0 Å². The third kappa shape index (κ3) is 2.65. The number of anilines is 1. The average molecular weight is 246 g/mol. The highest BCUT2D eigenvalue weighted by Gasteiger charge is 2.09. The van der Waals surface area contributed by atoms with Crippen molar-refractivity contribution < 1.29 is 0 Å².